The van der Waals surface area contributed by atoms with E-state index in [2.05, 4.69) is 0 Å². The number of phenolic OH excluding ortho intramolecular Hbond substituents is 1. The number of carbonyl (C=O) groups is 1. The molecule has 0 saturated carbocycles. The Morgan fingerprint density at radius 3 is 2.69 bits per heavy atom. The quantitative estimate of drug-likeness (QED) is 0.740. The van der Waals surface area contributed by atoms with E-state index in [1.165, 1.54) is 18.2 Å². The van der Waals surface area contributed by atoms with Gasteiger partial charge in [-0.3, -0.25) is 4.79 Å². The van der Waals surface area contributed by atoms with E-state index in [4.69, 9.17) is 0 Å². The van der Waals surface area contributed by atoms with Crippen molar-refractivity contribution in [3.8, 4) is 5.75 Å². The molecule has 1 aliphatic heterocycles. The molecule has 0 unspecified atom stereocenters. The van der Waals surface area contributed by atoms with Crippen LogP contribution < -0.4 is 4.90 Å². The predicted octanol–water partition coefficient (Wildman–Crippen LogP) is 1.84. The monoisotopic (exact) mass is 231 g/mol. The number of fused-ring (bicyclic) bond motifs is 1. The Morgan fingerprint density at radius 1 is 1.38 bits per heavy atom. The molecule has 1 N–H and O–H groups in total. The molecule has 2 rings (SSSR count). The first-order valence-electron chi connectivity index (χ1n) is 4.60. The van der Waals surface area contributed by atoms with E-state index in [0.29, 0.717) is 16.9 Å². The van der Waals surface area contributed by atoms with Crippen LogP contribution in [0.1, 0.15) is 5.56 Å². The van der Waals surface area contributed by atoms with Crippen molar-refractivity contribution in [2.75, 3.05) is 11.4 Å². The number of hydrogen-bond acceptors (Lipinski definition) is 2. The number of phenols is 1. The standard InChI is InChI=1S/C10H8F3NO2/c11-10(12,13)9(16)14-4-3-6-1-2-7(15)5-8(6)14/h1-2,5,15H,3-4H2. The molecule has 3 nitrogen and oxygen atoms in total. The van der Waals surface area contributed by atoms with E-state index in [-0.39, 0.29) is 18.0 Å². The van der Waals surface area contributed by atoms with Crippen LogP contribution in [0.5, 0.6) is 5.75 Å². The molecule has 1 amide bonds. The van der Waals surface area contributed by atoms with Crippen LogP contribution in [0.2, 0.25) is 0 Å². The summed E-state index contributed by atoms with van der Waals surface area (Å²) in [5, 5.41) is 9.18. The second kappa shape index (κ2) is 3.40. The number of nitrogens with zero attached hydrogens (tertiary/aromatic N) is 1. The van der Waals surface area contributed by atoms with Crippen molar-refractivity contribution in [1.82, 2.24) is 0 Å². The predicted molar refractivity (Wildman–Crippen MR) is 50.2 cm³/mol. The van der Waals surface area contributed by atoms with Gasteiger partial charge in [0.25, 0.3) is 0 Å². The van der Waals surface area contributed by atoms with Crippen molar-refractivity contribution < 1.29 is 23.1 Å². The number of aromatic hydroxyl groups is 1. The van der Waals surface area contributed by atoms with Gasteiger partial charge in [0.1, 0.15) is 5.75 Å². The minimum Gasteiger partial charge on any atom is -0.508 e. The fourth-order valence-electron chi connectivity index (χ4n) is 1.73. The highest BCUT2D eigenvalue weighted by Gasteiger charge is 2.44. The van der Waals surface area contributed by atoms with E-state index >= 15 is 0 Å². The van der Waals surface area contributed by atoms with E-state index in [9.17, 15) is 23.1 Å². The van der Waals surface area contributed by atoms with Crippen molar-refractivity contribution in [3.05, 3.63) is 23.8 Å². The maximum absolute atomic E-state index is 12.2. The first kappa shape index (κ1) is 10.8. The highest BCUT2D eigenvalue weighted by atomic mass is 19.4. The molecule has 1 aromatic rings. The van der Waals surface area contributed by atoms with E-state index in [1.807, 2.05) is 0 Å². The highest BCUT2D eigenvalue weighted by Crippen LogP contribution is 2.34. The van der Waals surface area contributed by atoms with Gasteiger partial charge in [0.15, 0.2) is 0 Å². The SMILES string of the molecule is O=C(N1CCc2ccc(O)cc21)C(F)(F)F. The van der Waals surface area contributed by atoms with Gasteiger partial charge in [-0.2, -0.15) is 13.2 Å². The normalized spacial score (nSPS) is 15.1. The summed E-state index contributed by atoms with van der Waals surface area (Å²) in [6.07, 6.45) is -4.51. The molecule has 1 aromatic carbocycles. The zero-order valence-electron chi connectivity index (χ0n) is 8.08. The second-order valence-electron chi connectivity index (χ2n) is 3.52. The fraction of sp³-hybridized carbons (Fsp3) is 0.300. The maximum Gasteiger partial charge on any atom is 0.471 e. The first-order chi connectivity index (χ1) is 7.39. The van der Waals surface area contributed by atoms with Crippen LogP contribution in [0.25, 0.3) is 0 Å². The smallest absolute Gasteiger partial charge is 0.471 e. The molecule has 0 saturated heterocycles. The van der Waals surface area contributed by atoms with E-state index in [1.54, 1.807) is 0 Å². The average molecular weight is 231 g/mol. The fourth-order valence-corrected chi connectivity index (χ4v) is 1.73. The van der Waals surface area contributed by atoms with Crippen molar-refractivity contribution in [2.45, 2.75) is 12.6 Å². The number of benzene rings is 1. The summed E-state index contributed by atoms with van der Waals surface area (Å²) in [6.45, 7) is -0.00285. The van der Waals surface area contributed by atoms with Crippen molar-refractivity contribution >= 4 is 11.6 Å². The van der Waals surface area contributed by atoms with Crippen LogP contribution >= 0.6 is 0 Å². The maximum atomic E-state index is 12.2. The molecule has 1 heterocycles. The van der Waals surface area contributed by atoms with Gasteiger partial charge in [-0.25, -0.2) is 0 Å². The van der Waals surface area contributed by atoms with Gasteiger partial charge in [0.2, 0.25) is 0 Å². The van der Waals surface area contributed by atoms with Crippen molar-refractivity contribution in [2.24, 2.45) is 0 Å². The van der Waals surface area contributed by atoms with Gasteiger partial charge in [-0.05, 0) is 18.1 Å². The lowest BCUT2D eigenvalue weighted by Crippen LogP contribution is -2.40. The molecule has 16 heavy (non-hydrogen) atoms. The molecule has 6 heteroatoms. The van der Waals surface area contributed by atoms with Crippen LogP contribution in [-0.2, 0) is 11.2 Å². The summed E-state index contributed by atoms with van der Waals surface area (Å²) in [5.74, 6) is -2.04. The Balaban J connectivity index is 2.37. The van der Waals surface area contributed by atoms with Crippen LogP contribution in [0.4, 0.5) is 18.9 Å². The summed E-state index contributed by atoms with van der Waals surface area (Å²) >= 11 is 0. The Hall–Kier alpha value is -1.72. The molecule has 0 aliphatic carbocycles. The number of anilines is 1. The third-order valence-corrected chi connectivity index (χ3v) is 2.45. The molecule has 86 valence electrons. The molecule has 0 bridgehead atoms. The Kier molecular flexibility index (Phi) is 2.29. The number of halogens is 3. The molecule has 0 radical (unpaired) electrons. The Bertz CT molecular complexity index is 442. The summed E-state index contributed by atoms with van der Waals surface area (Å²) in [5.41, 5.74) is 0.776. The lowest BCUT2D eigenvalue weighted by molar-refractivity contribution is -0.170. The van der Waals surface area contributed by atoms with Crippen LogP contribution in [0.3, 0.4) is 0 Å². The van der Waals surface area contributed by atoms with Gasteiger partial charge < -0.3 is 10.0 Å². The lowest BCUT2D eigenvalue weighted by Gasteiger charge is -2.18. The minimum atomic E-state index is -4.88. The molecule has 0 fully saturated rings. The number of carbonyl (C=O) groups excluding carboxylic acids is 1. The van der Waals surface area contributed by atoms with Crippen molar-refractivity contribution in [3.63, 3.8) is 0 Å². The molecule has 0 aromatic heterocycles. The molecule has 1 aliphatic rings. The molecular weight excluding hydrogens is 223 g/mol. The van der Waals surface area contributed by atoms with Gasteiger partial charge in [0, 0.05) is 12.6 Å². The average Bonchev–Trinajstić information content (AvgIpc) is 2.57. The van der Waals surface area contributed by atoms with Crippen molar-refractivity contribution in [1.29, 1.82) is 0 Å². The molecule has 0 atom stereocenters. The largest absolute Gasteiger partial charge is 0.508 e. The Labute approximate surface area is 89.1 Å². The van der Waals surface area contributed by atoms with Crippen LogP contribution in [0.15, 0.2) is 18.2 Å². The van der Waals surface area contributed by atoms with Gasteiger partial charge in [0.05, 0.1) is 5.69 Å². The minimum absolute atomic E-state index is 0.00285. The number of alkyl halides is 3. The summed E-state index contributed by atoms with van der Waals surface area (Å²) in [7, 11) is 0. The summed E-state index contributed by atoms with van der Waals surface area (Å²) in [4.78, 5) is 11.7. The highest BCUT2D eigenvalue weighted by molar-refractivity contribution is 5.99. The second-order valence-corrected chi connectivity index (χ2v) is 3.52. The molecular formula is C10H8F3NO2. The third kappa shape index (κ3) is 1.70. The number of rotatable bonds is 0. The van der Waals surface area contributed by atoms with Crippen LogP contribution in [-0.4, -0.2) is 23.7 Å². The van der Waals surface area contributed by atoms with Gasteiger partial charge in [-0.15, -0.1) is 0 Å². The summed E-state index contributed by atoms with van der Waals surface area (Å²) in [6, 6.07) is 4.08. The summed E-state index contributed by atoms with van der Waals surface area (Å²) < 4.78 is 36.7. The zero-order chi connectivity index (χ0) is 11.9. The zero-order valence-corrected chi connectivity index (χ0v) is 8.08. The molecule has 0 spiro atoms. The number of hydrogen-bond donors (Lipinski definition) is 1. The number of amides is 1. The Morgan fingerprint density at radius 2 is 2.06 bits per heavy atom. The lowest BCUT2D eigenvalue weighted by atomic mass is 10.1. The topological polar surface area (TPSA) is 40.5 Å². The third-order valence-electron chi connectivity index (χ3n) is 2.45. The van der Waals surface area contributed by atoms with Gasteiger partial charge in [-0.1, -0.05) is 6.07 Å². The van der Waals surface area contributed by atoms with E-state index < -0.39 is 12.1 Å². The first-order valence-corrected chi connectivity index (χ1v) is 4.60. The van der Waals surface area contributed by atoms with E-state index in [0.717, 1.165) is 0 Å². The van der Waals surface area contributed by atoms with Gasteiger partial charge >= 0.3 is 12.1 Å². The van der Waals surface area contributed by atoms with Crippen LogP contribution in [0, 0.1) is 0 Å².